The highest BCUT2D eigenvalue weighted by molar-refractivity contribution is 4.70. The molecule has 1 unspecified atom stereocenters. The molecule has 0 aliphatic carbocycles. The van der Waals surface area contributed by atoms with Gasteiger partial charge in [0.25, 0.3) is 0 Å². The van der Waals surface area contributed by atoms with E-state index >= 15 is 0 Å². The van der Waals surface area contributed by atoms with Crippen molar-refractivity contribution >= 4 is 0 Å². The average molecular weight is 409 g/mol. The quantitative estimate of drug-likeness (QED) is 0.177. The zero-order valence-corrected chi connectivity index (χ0v) is 17.7. The second-order valence-electron chi connectivity index (χ2n) is 5.87. The highest BCUT2D eigenvalue weighted by atomic mass is 16.6. The van der Waals surface area contributed by atoms with Crippen molar-refractivity contribution in [2.75, 3.05) is 100 Å². The van der Waals surface area contributed by atoms with E-state index in [1.54, 1.807) is 14.2 Å². The minimum Gasteiger partial charge on any atom is -0.382 e. The lowest BCUT2D eigenvalue weighted by atomic mass is 10.2. The van der Waals surface area contributed by atoms with Crippen LogP contribution in [0.2, 0.25) is 0 Å². The summed E-state index contributed by atoms with van der Waals surface area (Å²) in [6.07, 6.45) is 3.67. The van der Waals surface area contributed by atoms with Crippen LogP contribution in [0, 0.1) is 0 Å². The number of methoxy groups -OCH3 is 2. The molecule has 1 atom stereocenters. The van der Waals surface area contributed by atoms with E-state index < -0.39 is 0 Å². The van der Waals surface area contributed by atoms with Crippen molar-refractivity contribution in [2.45, 2.75) is 18.9 Å². The maximum absolute atomic E-state index is 5.84. The molecule has 0 fully saturated rings. The van der Waals surface area contributed by atoms with Crippen LogP contribution < -0.4 is 0 Å². The van der Waals surface area contributed by atoms with E-state index in [4.69, 9.17) is 37.9 Å². The molecule has 0 N–H and O–H groups in total. The summed E-state index contributed by atoms with van der Waals surface area (Å²) >= 11 is 0. The van der Waals surface area contributed by atoms with Crippen LogP contribution in [0.3, 0.4) is 0 Å². The van der Waals surface area contributed by atoms with Crippen LogP contribution in [0.25, 0.3) is 0 Å². The Hall–Kier alpha value is -0.580. The molecule has 28 heavy (non-hydrogen) atoms. The summed E-state index contributed by atoms with van der Waals surface area (Å²) in [5, 5.41) is 0. The molecular formula is C20H40O8. The van der Waals surface area contributed by atoms with Crippen LogP contribution in [0.15, 0.2) is 12.7 Å². The first kappa shape index (κ1) is 27.4. The van der Waals surface area contributed by atoms with Crippen LogP contribution in [0.1, 0.15) is 12.8 Å². The van der Waals surface area contributed by atoms with Crippen LogP contribution >= 0.6 is 0 Å². The first-order valence-electron chi connectivity index (χ1n) is 9.94. The summed E-state index contributed by atoms with van der Waals surface area (Å²) in [6, 6.07) is 0. The van der Waals surface area contributed by atoms with Gasteiger partial charge >= 0.3 is 0 Å². The van der Waals surface area contributed by atoms with E-state index in [1.165, 1.54) is 0 Å². The van der Waals surface area contributed by atoms with E-state index in [-0.39, 0.29) is 6.10 Å². The number of hydrogen-bond donors (Lipinski definition) is 0. The Bertz CT molecular complexity index is 304. The lowest BCUT2D eigenvalue weighted by Crippen LogP contribution is -2.23. The maximum Gasteiger partial charge on any atom is 0.0812 e. The summed E-state index contributed by atoms with van der Waals surface area (Å²) in [7, 11) is 3.30. The van der Waals surface area contributed by atoms with Gasteiger partial charge in [0, 0.05) is 14.2 Å². The Balaban J connectivity index is 3.53. The molecule has 0 aliphatic rings. The fourth-order valence-corrected chi connectivity index (χ4v) is 2.05. The van der Waals surface area contributed by atoms with Crippen LogP contribution in [0.4, 0.5) is 0 Å². The summed E-state index contributed by atoms with van der Waals surface area (Å²) in [5.41, 5.74) is 0. The second-order valence-corrected chi connectivity index (χ2v) is 5.87. The van der Waals surface area contributed by atoms with Gasteiger partial charge in [0.15, 0.2) is 0 Å². The first-order valence-corrected chi connectivity index (χ1v) is 9.94. The van der Waals surface area contributed by atoms with Crippen LogP contribution in [-0.2, 0) is 37.9 Å². The topological polar surface area (TPSA) is 73.8 Å². The Kier molecular flexibility index (Phi) is 24.0. The Morgan fingerprint density at radius 2 is 1.04 bits per heavy atom. The van der Waals surface area contributed by atoms with Gasteiger partial charge in [0.1, 0.15) is 0 Å². The molecule has 0 amide bonds. The van der Waals surface area contributed by atoms with E-state index in [0.717, 1.165) is 12.8 Å². The molecule has 8 nitrogen and oxygen atoms in total. The molecule has 0 aromatic carbocycles. The van der Waals surface area contributed by atoms with Crippen molar-refractivity contribution in [1.82, 2.24) is 0 Å². The van der Waals surface area contributed by atoms with Crippen LogP contribution in [0.5, 0.6) is 0 Å². The molecule has 0 saturated heterocycles. The minimum absolute atomic E-state index is 0.0249. The van der Waals surface area contributed by atoms with Crippen molar-refractivity contribution in [2.24, 2.45) is 0 Å². The van der Waals surface area contributed by atoms with Gasteiger partial charge in [-0.1, -0.05) is 6.08 Å². The molecule has 0 aliphatic heterocycles. The maximum atomic E-state index is 5.84. The van der Waals surface area contributed by atoms with Crippen molar-refractivity contribution < 1.29 is 37.9 Å². The summed E-state index contributed by atoms with van der Waals surface area (Å²) in [5.74, 6) is 0. The fraction of sp³-hybridized carbons (Fsp3) is 0.900. The monoisotopic (exact) mass is 408 g/mol. The summed E-state index contributed by atoms with van der Waals surface area (Å²) < 4.78 is 42.9. The Labute approximate surface area is 170 Å². The van der Waals surface area contributed by atoms with Crippen molar-refractivity contribution in [3.8, 4) is 0 Å². The number of allylic oxidation sites excluding steroid dienone is 1. The predicted molar refractivity (Wildman–Crippen MR) is 107 cm³/mol. The molecule has 0 bridgehead atoms. The van der Waals surface area contributed by atoms with Crippen LogP contribution in [-0.4, -0.2) is 106 Å². The van der Waals surface area contributed by atoms with E-state index in [9.17, 15) is 0 Å². The Morgan fingerprint density at radius 3 is 1.50 bits per heavy atom. The van der Waals surface area contributed by atoms with Gasteiger partial charge in [-0.25, -0.2) is 0 Å². The average Bonchev–Trinajstić information content (AvgIpc) is 2.71. The normalized spacial score (nSPS) is 12.4. The predicted octanol–water partition coefficient (Wildman–Crippen LogP) is 1.71. The third-order valence-electron chi connectivity index (χ3n) is 3.56. The van der Waals surface area contributed by atoms with Crippen molar-refractivity contribution in [3.63, 3.8) is 0 Å². The molecule has 0 saturated carbocycles. The number of ether oxygens (including phenoxy) is 8. The molecule has 0 aromatic heterocycles. The molecule has 0 spiro atoms. The van der Waals surface area contributed by atoms with Gasteiger partial charge in [-0.3, -0.25) is 0 Å². The van der Waals surface area contributed by atoms with E-state index in [1.807, 2.05) is 6.08 Å². The fourth-order valence-electron chi connectivity index (χ4n) is 2.05. The van der Waals surface area contributed by atoms with Crippen molar-refractivity contribution in [1.29, 1.82) is 0 Å². The van der Waals surface area contributed by atoms with Crippen molar-refractivity contribution in [3.05, 3.63) is 12.7 Å². The largest absolute Gasteiger partial charge is 0.382 e. The number of hydrogen-bond acceptors (Lipinski definition) is 8. The Morgan fingerprint density at radius 1 is 0.607 bits per heavy atom. The number of rotatable bonds is 24. The lowest BCUT2D eigenvalue weighted by Gasteiger charge is -2.17. The lowest BCUT2D eigenvalue weighted by molar-refractivity contribution is -0.0570. The summed E-state index contributed by atoms with van der Waals surface area (Å²) in [6.45, 7) is 11.0. The zero-order chi connectivity index (χ0) is 20.5. The van der Waals surface area contributed by atoms with Gasteiger partial charge in [-0.2, -0.15) is 0 Å². The van der Waals surface area contributed by atoms with Gasteiger partial charge in [-0.15, -0.1) is 6.58 Å². The second kappa shape index (κ2) is 24.5. The SMILES string of the molecule is C=CCCC(COCCOCCOCCOC)OCCOCCOCCOC. The van der Waals surface area contributed by atoms with Gasteiger partial charge in [-0.05, 0) is 12.8 Å². The molecule has 0 rings (SSSR count). The molecule has 168 valence electrons. The highest BCUT2D eigenvalue weighted by Gasteiger charge is 2.08. The molecule has 0 aromatic rings. The highest BCUT2D eigenvalue weighted by Crippen LogP contribution is 2.04. The minimum atomic E-state index is 0.0249. The third kappa shape index (κ3) is 21.7. The van der Waals surface area contributed by atoms with Gasteiger partial charge in [0.2, 0.25) is 0 Å². The first-order chi connectivity index (χ1) is 13.8. The molecule has 0 radical (unpaired) electrons. The summed E-state index contributed by atoms with van der Waals surface area (Å²) in [4.78, 5) is 0. The van der Waals surface area contributed by atoms with E-state index in [0.29, 0.717) is 85.9 Å². The zero-order valence-electron chi connectivity index (χ0n) is 17.7. The molecule has 0 heterocycles. The van der Waals surface area contributed by atoms with Gasteiger partial charge in [0.05, 0.1) is 92.0 Å². The standard InChI is InChI=1S/C20H40O8/c1-4-5-6-20(28-18-17-26-14-12-24-10-8-22-3)19-27-16-15-25-13-11-23-9-7-21-2/h4,20H,1,5-19H2,2-3H3. The van der Waals surface area contributed by atoms with E-state index in [2.05, 4.69) is 6.58 Å². The third-order valence-corrected chi connectivity index (χ3v) is 3.56. The molecular weight excluding hydrogens is 368 g/mol. The van der Waals surface area contributed by atoms with Gasteiger partial charge < -0.3 is 37.9 Å². The molecule has 8 heteroatoms. The smallest absolute Gasteiger partial charge is 0.0812 e.